The second-order valence-electron chi connectivity index (χ2n) is 5.42. The van der Waals surface area contributed by atoms with Crippen LogP contribution in [-0.4, -0.2) is 6.54 Å². The summed E-state index contributed by atoms with van der Waals surface area (Å²) >= 11 is 0. The molecule has 0 heterocycles. The maximum Gasteiger partial charge on any atom is 0.123 e. The van der Waals surface area contributed by atoms with Crippen LogP contribution in [0.25, 0.3) is 0 Å². The molecule has 0 aliphatic carbocycles. The summed E-state index contributed by atoms with van der Waals surface area (Å²) in [5.41, 5.74) is 1.02. The van der Waals surface area contributed by atoms with Gasteiger partial charge in [0.05, 0.1) is 0 Å². The van der Waals surface area contributed by atoms with Crippen LogP contribution in [0.3, 0.4) is 0 Å². The average Bonchev–Trinajstić information content (AvgIpc) is 2.25. The number of halogens is 1. The van der Waals surface area contributed by atoms with Crippen LogP contribution in [-0.2, 0) is 0 Å². The molecular weight excluding hydrogens is 213 g/mol. The van der Waals surface area contributed by atoms with E-state index >= 15 is 0 Å². The fourth-order valence-corrected chi connectivity index (χ4v) is 2.16. The lowest BCUT2D eigenvalue weighted by atomic mass is 9.98. The second-order valence-corrected chi connectivity index (χ2v) is 5.42. The Bertz CT molecular complexity index is 335. The van der Waals surface area contributed by atoms with Gasteiger partial charge in [-0.3, -0.25) is 0 Å². The van der Waals surface area contributed by atoms with Crippen molar-refractivity contribution in [3.63, 3.8) is 0 Å². The van der Waals surface area contributed by atoms with Gasteiger partial charge in [0, 0.05) is 6.04 Å². The maximum atomic E-state index is 13.1. The normalized spacial score (nSPS) is 14.9. The molecule has 0 saturated carbocycles. The highest BCUT2D eigenvalue weighted by Crippen LogP contribution is 2.15. The highest BCUT2D eigenvalue weighted by Gasteiger charge is 2.09. The molecule has 1 aromatic rings. The Morgan fingerprint density at radius 3 is 2.47 bits per heavy atom. The molecule has 96 valence electrons. The Morgan fingerprint density at radius 1 is 1.18 bits per heavy atom. The number of hydrogen-bond donors (Lipinski definition) is 1. The number of benzene rings is 1. The van der Waals surface area contributed by atoms with Gasteiger partial charge in [-0.15, -0.1) is 0 Å². The lowest BCUT2D eigenvalue weighted by Gasteiger charge is -2.19. The molecule has 0 fully saturated rings. The third-order valence-corrected chi connectivity index (χ3v) is 2.99. The van der Waals surface area contributed by atoms with Crippen LogP contribution in [0.1, 0.15) is 45.7 Å². The van der Waals surface area contributed by atoms with Gasteiger partial charge in [-0.05, 0) is 49.4 Å². The van der Waals surface area contributed by atoms with E-state index in [1.54, 1.807) is 12.1 Å². The summed E-state index contributed by atoms with van der Waals surface area (Å²) < 4.78 is 13.1. The summed E-state index contributed by atoms with van der Waals surface area (Å²) in [5.74, 6) is 1.23. The Labute approximate surface area is 104 Å². The minimum absolute atomic E-state index is 0.161. The summed E-state index contributed by atoms with van der Waals surface area (Å²) in [5, 5.41) is 3.46. The third-order valence-electron chi connectivity index (χ3n) is 2.99. The van der Waals surface area contributed by atoms with Gasteiger partial charge in [0.2, 0.25) is 0 Å². The van der Waals surface area contributed by atoms with Crippen LogP contribution in [0, 0.1) is 17.7 Å². The quantitative estimate of drug-likeness (QED) is 0.783. The Hall–Kier alpha value is -0.890. The third kappa shape index (κ3) is 5.31. The molecule has 2 unspecified atom stereocenters. The zero-order valence-corrected chi connectivity index (χ0v) is 11.3. The van der Waals surface area contributed by atoms with Crippen molar-refractivity contribution >= 4 is 0 Å². The molecule has 0 aliphatic rings. The van der Waals surface area contributed by atoms with E-state index in [9.17, 15) is 4.39 Å². The Balaban J connectivity index is 2.42. The van der Waals surface area contributed by atoms with E-state index in [2.05, 4.69) is 33.0 Å². The van der Waals surface area contributed by atoms with E-state index in [1.807, 2.05) is 6.07 Å². The van der Waals surface area contributed by atoms with Crippen LogP contribution in [0.5, 0.6) is 0 Å². The van der Waals surface area contributed by atoms with Crippen LogP contribution in [0.2, 0.25) is 0 Å². The van der Waals surface area contributed by atoms with Crippen LogP contribution in [0.15, 0.2) is 24.3 Å². The van der Waals surface area contributed by atoms with Gasteiger partial charge in [0.25, 0.3) is 0 Å². The van der Waals surface area contributed by atoms with Gasteiger partial charge in [0.15, 0.2) is 0 Å². The first-order valence-corrected chi connectivity index (χ1v) is 6.48. The molecule has 0 amide bonds. The van der Waals surface area contributed by atoms with Gasteiger partial charge in [-0.2, -0.15) is 0 Å². The molecule has 0 spiro atoms. The SMILES string of the molecule is CC(C)CC(C)CNC(C)c1cccc(F)c1. The van der Waals surface area contributed by atoms with E-state index in [0.717, 1.165) is 18.0 Å². The van der Waals surface area contributed by atoms with Crippen LogP contribution >= 0.6 is 0 Å². The summed E-state index contributed by atoms with van der Waals surface area (Å²) in [7, 11) is 0. The molecule has 1 nitrogen and oxygen atoms in total. The largest absolute Gasteiger partial charge is 0.310 e. The molecule has 2 heteroatoms. The molecular formula is C15H24FN. The lowest BCUT2D eigenvalue weighted by molar-refractivity contribution is 0.396. The van der Waals surface area contributed by atoms with Gasteiger partial charge in [0.1, 0.15) is 5.82 Å². The van der Waals surface area contributed by atoms with Crippen molar-refractivity contribution in [3.05, 3.63) is 35.6 Å². The molecule has 1 N–H and O–H groups in total. The van der Waals surface area contributed by atoms with E-state index < -0.39 is 0 Å². The Morgan fingerprint density at radius 2 is 1.88 bits per heavy atom. The van der Waals surface area contributed by atoms with Gasteiger partial charge in [-0.25, -0.2) is 4.39 Å². The van der Waals surface area contributed by atoms with Crippen molar-refractivity contribution in [2.45, 2.75) is 40.2 Å². The predicted molar refractivity (Wildman–Crippen MR) is 71.4 cm³/mol. The van der Waals surface area contributed by atoms with E-state index in [1.165, 1.54) is 12.5 Å². The highest BCUT2D eigenvalue weighted by molar-refractivity contribution is 5.19. The number of hydrogen-bond acceptors (Lipinski definition) is 1. The fourth-order valence-electron chi connectivity index (χ4n) is 2.16. The maximum absolute atomic E-state index is 13.1. The first kappa shape index (κ1) is 14.2. The molecule has 2 atom stereocenters. The summed E-state index contributed by atoms with van der Waals surface area (Å²) in [6.45, 7) is 9.80. The number of nitrogens with one attached hydrogen (secondary N) is 1. The summed E-state index contributed by atoms with van der Waals surface area (Å²) in [4.78, 5) is 0. The monoisotopic (exact) mass is 237 g/mol. The predicted octanol–water partition coefficient (Wildman–Crippen LogP) is 4.16. The lowest BCUT2D eigenvalue weighted by Crippen LogP contribution is -2.25. The van der Waals surface area contributed by atoms with Crippen molar-refractivity contribution in [3.8, 4) is 0 Å². The standard InChI is InChI=1S/C15H24FN/c1-11(2)8-12(3)10-17-13(4)14-6-5-7-15(16)9-14/h5-7,9,11-13,17H,8,10H2,1-4H3. The highest BCUT2D eigenvalue weighted by atomic mass is 19.1. The van der Waals surface area contributed by atoms with E-state index in [-0.39, 0.29) is 11.9 Å². The first-order valence-electron chi connectivity index (χ1n) is 6.48. The average molecular weight is 237 g/mol. The van der Waals surface area contributed by atoms with Crippen LogP contribution in [0.4, 0.5) is 4.39 Å². The topological polar surface area (TPSA) is 12.0 Å². The first-order chi connectivity index (χ1) is 7.99. The van der Waals surface area contributed by atoms with Crippen molar-refractivity contribution in [1.82, 2.24) is 5.32 Å². The molecule has 0 saturated heterocycles. The van der Waals surface area contributed by atoms with Crippen molar-refractivity contribution in [2.75, 3.05) is 6.54 Å². The molecule has 1 rings (SSSR count). The molecule has 0 bridgehead atoms. The Kier molecular flexibility index (Phi) is 5.63. The van der Waals surface area contributed by atoms with Gasteiger partial charge >= 0.3 is 0 Å². The van der Waals surface area contributed by atoms with E-state index in [0.29, 0.717) is 5.92 Å². The van der Waals surface area contributed by atoms with Crippen LogP contribution < -0.4 is 5.32 Å². The molecule has 0 aliphatic heterocycles. The van der Waals surface area contributed by atoms with E-state index in [4.69, 9.17) is 0 Å². The molecule has 0 aromatic heterocycles. The number of rotatable bonds is 6. The molecule has 17 heavy (non-hydrogen) atoms. The zero-order valence-electron chi connectivity index (χ0n) is 11.3. The van der Waals surface area contributed by atoms with Crippen molar-refractivity contribution in [1.29, 1.82) is 0 Å². The zero-order chi connectivity index (χ0) is 12.8. The van der Waals surface area contributed by atoms with Gasteiger partial charge < -0.3 is 5.32 Å². The smallest absolute Gasteiger partial charge is 0.123 e. The minimum atomic E-state index is -0.161. The second kappa shape index (κ2) is 6.75. The van der Waals surface area contributed by atoms with Crippen molar-refractivity contribution < 1.29 is 4.39 Å². The van der Waals surface area contributed by atoms with Gasteiger partial charge in [-0.1, -0.05) is 32.9 Å². The fraction of sp³-hybridized carbons (Fsp3) is 0.600. The summed E-state index contributed by atoms with van der Waals surface area (Å²) in [6.07, 6.45) is 1.23. The summed E-state index contributed by atoms with van der Waals surface area (Å²) in [6, 6.07) is 7.02. The molecule has 0 radical (unpaired) electrons. The van der Waals surface area contributed by atoms with Crippen molar-refractivity contribution in [2.24, 2.45) is 11.8 Å². The minimum Gasteiger partial charge on any atom is -0.310 e. The molecule has 1 aromatic carbocycles.